The second kappa shape index (κ2) is 11.1. The highest BCUT2D eigenvalue weighted by Crippen LogP contribution is 2.15. The third kappa shape index (κ3) is 6.42. The quantitative estimate of drug-likeness (QED) is 0.682. The Hall–Kier alpha value is -1.18. The normalized spacial score (nSPS) is 26.0. The van der Waals surface area contributed by atoms with Gasteiger partial charge in [0.05, 0.1) is 19.3 Å². The molecule has 0 N–H and O–H groups in total. The Labute approximate surface area is 169 Å². The molecule has 2 unspecified atom stereocenters. The molecule has 0 radical (unpaired) electrons. The van der Waals surface area contributed by atoms with Crippen molar-refractivity contribution in [1.29, 1.82) is 0 Å². The van der Waals surface area contributed by atoms with Gasteiger partial charge in [-0.15, -0.1) is 0 Å². The van der Waals surface area contributed by atoms with Crippen molar-refractivity contribution in [3.8, 4) is 0 Å². The van der Waals surface area contributed by atoms with Crippen LogP contribution < -0.4 is 0 Å². The van der Waals surface area contributed by atoms with Crippen LogP contribution in [0, 0.1) is 0 Å². The topological polar surface area (TPSA) is 62.3 Å². The first kappa shape index (κ1) is 21.5. The first-order valence-corrected chi connectivity index (χ1v) is 11.2. The van der Waals surface area contributed by atoms with Gasteiger partial charge in [-0.2, -0.15) is 0 Å². The fourth-order valence-electron chi connectivity index (χ4n) is 4.26. The van der Waals surface area contributed by atoms with Crippen molar-refractivity contribution in [2.75, 3.05) is 59.0 Å². The molecule has 0 aromatic carbocycles. The van der Waals surface area contributed by atoms with Crippen molar-refractivity contribution < 1.29 is 19.1 Å². The van der Waals surface area contributed by atoms with E-state index in [9.17, 15) is 9.59 Å². The molecule has 0 aromatic heterocycles. The molecule has 3 saturated heterocycles. The Morgan fingerprint density at radius 2 is 1.64 bits per heavy atom. The Kier molecular flexibility index (Phi) is 8.55. The molecule has 3 rings (SSSR count). The first-order chi connectivity index (χ1) is 13.6. The largest absolute Gasteiger partial charge is 0.376 e. The van der Waals surface area contributed by atoms with E-state index in [2.05, 4.69) is 4.90 Å². The molecule has 0 bridgehead atoms. The monoisotopic (exact) mass is 395 g/mol. The average molecular weight is 396 g/mol. The summed E-state index contributed by atoms with van der Waals surface area (Å²) in [5.41, 5.74) is 0. The van der Waals surface area contributed by atoms with E-state index in [1.165, 1.54) is 19.3 Å². The molecule has 0 aliphatic carbocycles. The van der Waals surface area contributed by atoms with Gasteiger partial charge in [0.15, 0.2) is 0 Å². The smallest absolute Gasteiger partial charge is 0.251 e. The standard InChI is InChI=1S/C21H37N3O4/c1-18(28-17-19-8-4-7-15-27-19)21(26)24-13-11-22(12-14-24)16-20(25)23-9-5-2-3-6-10-23/h18-19H,2-17H2,1H3. The second-order valence-electron chi connectivity index (χ2n) is 8.36. The van der Waals surface area contributed by atoms with E-state index in [-0.39, 0.29) is 17.9 Å². The SMILES string of the molecule is CC(OCC1CCCCO1)C(=O)N1CCN(CC(=O)N2CCCCCC2)CC1. The zero-order valence-electron chi connectivity index (χ0n) is 17.4. The highest BCUT2D eigenvalue weighted by Gasteiger charge is 2.28. The van der Waals surface area contributed by atoms with Crippen LogP contribution in [0.15, 0.2) is 0 Å². The summed E-state index contributed by atoms with van der Waals surface area (Å²) in [6, 6.07) is 0. The van der Waals surface area contributed by atoms with Gasteiger partial charge in [0.1, 0.15) is 6.10 Å². The van der Waals surface area contributed by atoms with Crippen LogP contribution in [0.25, 0.3) is 0 Å². The summed E-state index contributed by atoms with van der Waals surface area (Å²) in [6.07, 6.45) is 7.72. The highest BCUT2D eigenvalue weighted by molar-refractivity contribution is 5.81. The number of likely N-dealkylation sites (tertiary alicyclic amines) is 1. The molecule has 2 amide bonds. The predicted octanol–water partition coefficient (Wildman–Crippen LogP) is 1.51. The molecule has 160 valence electrons. The van der Waals surface area contributed by atoms with E-state index in [0.717, 1.165) is 58.5 Å². The van der Waals surface area contributed by atoms with Crippen molar-refractivity contribution in [1.82, 2.24) is 14.7 Å². The lowest BCUT2D eigenvalue weighted by Crippen LogP contribution is -2.53. The third-order valence-corrected chi connectivity index (χ3v) is 6.16. The summed E-state index contributed by atoms with van der Waals surface area (Å²) in [4.78, 5) is 31.3. The maximum absolute atomic E-state index is 12.7. The van der Waals surface area contributed by atoms with Gasteiger partial charge in [-0.1, -0.05) is 12.8 Å². The summed E-state index contributed by atoms with van der Waals surface area (Å²) >= 11 is 0. The summed E-state index contributed by atoms with van der Waals surface area (Å²) in [6.45, 7) is 8.25. The molecule has 28 heavy (non-hydrogen) atoms. The van der Waals surface area contributed by atoms with E-state index in [4.69, 9.17) is 9.47 Å². The Bertz CT molecular complexity index is 494. The zero-order chi connectivity index (χ0) is 19.8. The lowest BCUT2D eigenvalue weighted by molar-refractivity contribution is -0.148. The molecular weight excluding hydrogens is 358 g/mol. The van der Waals surface area contributed by atoms with Crippen LogP contribution in [0.5, 0.6) is 0 Å². The van der Waals surface area contributed by atoms with Crippen LogP contribution in [0.2, 0.25) is 0 Å². The number of hydrogen-bond acceptors (Lipinski definition) is 5. The molecule has 0 spiro atoms. The lowest BCUT2D eigenvalue weighted by Gasteiger charge is -2.36. The maximum atomic E-state index is 12.7. The molecule has 7 heteroatoms. The van der Waals surface area contributed by atoms with E-state index in [1.54, 1.807) is 0 Å². The van der Waals surface area contributed by atoms with Gasteiger partial charge in [-0.25, -0.2) is 0 Å². The van der Waals surface area contributed by atoms with Crippen molar-refractivity contribution in [2.45, 2.75) is 64.1 Å². The van der Waals surface area contributed by atoms with Gasteiger partial charge in [0, 0.05) is 45.9 Å². The van der Waals surface area contributed by atoms with Crippen molar-refractivity contribution in [2.24, 2.45) is 0 Å². The van der Waals surface area contributed by atoms with Crippen LogP contribution in [-0.4, -0.2) is 97.7 Å². The van der Waals surface area contributed by atoms with E-state index >= 15 is 0 Å². The van der Waals surface area contributed by atoms with E-state index < -0.39 is 6.10 Å². The van der Waals surface area contributed by atoms with Crippen LogP contribution in [0.3, 0.4) is 0 Å². The van der Waals surface area contributed by atoms with Crippen molar-refractivity contribution in [3.63, 3.8) is 0 Å². The van der Waals surface area contributed by atoms with Gasteiger partial charge >= 0.3 is 0 Å². The molecular formula is C21H37N3O4. The number of carbonyl (C=O) groups is 2. The molecule has 3 aliphatic rings. The minimum atomic E-state index is -0.434. The number of nitrogens with zero attached hydrogens (tertiary/aromatic N) is 3. The third-order valence-electron chi connectivity index (χ3n) is 6.16. The molecule has 0 aromatic rings. The minimum absolute atomic E-state index is 0.0503. The van der Waals surface area contributed by atoms with E-state index in [0.29, 0.717) is 26.2 Å². The molecule has 3 aliphatic heterocycles. The molecule has 3 fully saturated rings. The molecule has 7 nitrogen and oxygen atoms in total. The zero-order valence-corrected chi connectivity index (χ0v) is 17.4. The van der Waals surface area contributed by atoms with Crippen LogP contribution in [0.1, 0.15) is 51.9 Å². The fraction of sp³-hybridized carbons (Fsp3) is 0.905. The van der Waals surface area contributed by atoms with Gasteiger partial charge in [0.2, 0.25) is 5.91 Å². The summed E-state index contributed by atoms with van der Waals surface area (Å²) in [5, 5.41) is 0. The second-order valence-corrected chi connectivity index (χ2v) is 8.36. The van der Waals surface area contributed by atoms with Crippen molar-refractivity contribution >= 4 is 11.8 Å². The lowest BCUT2D eigenvalue weighted by atomic mass is 10.1. The summed E-state index contributed by atoms with van der Waals surface area (Å²) in [7, 11) is 0. The number of carbonyl (C=O) groups excluding carboxylic acids is 2. The summed E-state index contributed by atoms with van der Waals surface area (Å²) < 4.78 is 11.5. The Morgan fingerprint density at radius 1 is 0.929 bits per heavy atom. The molecule has 2 atom stereocenters. The van der Waals surface area contributed by atoms with Gasteiger partial charge in [0.25, 0.3) is 5.91 Å². The number of amides is 2. The Morgan fingerprint density at radius 3 is 2.29 bits per heavy atom. The summed E-state index contributed by atoms with van der Waals surface area (Å²) in [5.74, 6) is 0.292. The fourth-order valence-corrected chi connectivity index (χ4v) is 4.26. The predicted molar refractivity (Wildman–Crippen MR) is 107 cm³/mol. The van der Waals surface area contributed by atoms with Crippen molar-refractivity contribution in [3.05, 3.63) is 0 Å². The number of piperazine rings is 1. The highest BCUT2D eigenvalue weighted by atomic mass is 16.5. The number of hydrogen-bond donors (Lipinski definition) is 0. The van der Waals surface area contributed by atoms with Crippen LogP contribution >= 0.6 is 0 Å². The number of rotatable bonds is 6. The average Bonchev–Trinajstić information content (AvgIpc) is 3.02. The number of ether oxygens (including phenoxy) is 2. The minimum Gasteiger partial charge on any atom is -0.376 e. The Balaban J connectivity index is 1.35. The first-order valence-electron chi connectivity index (χ1n) is 11.2. The van der Waals surface area contributed by atoms with Gasteiger partial charge in [-0.3, -0.25) is 14.5 Å². The molecule has 0 saturated carbocycles. The van der Waals surface area contributed by atoms with Crippen LogP contribution in [-0.2, 0) is 19.1 Å². The van der Waals surface area contributed by atoms with Crippen LogP contribution in [0.4, 0.5) is 0 Å². The van der Waals surface area contributed by atoms with E-state index in [1.807, 2.05) is 16.7 Å². The van der Waals surface area contributed by atoms with Gasteiger partial charge in [-0.05, 0) is 39.0 Å². The maximum Gasteiger partial charge on any atom is 0.251 e. The van der Waals surface area contributed by atoms with Gasteiger partial charge < -0.3 is 19.3 Å². The molecule has 3 heterocycles.